The third-order valence-corrected chi connectivity index (χ3v) is 6.24. The van der Waals surface area contributed by atoms with Crippen LogP contribution in [0.1, 0.15) is 29.5 Å². The second-order valence-corrected chi connectivity index (χ2v) is 8.50. The zero-order valence-electron chi connectivity index (χ0n) is 18.1. The molecule has 5 rings (SSSR count). The molecule has 0 aromatic heterocycles. The second-order valence-electron chi connectivity index (χ2n) is 8.50. The van der Waals surface area contributed by atoms with Crippen molar-refractivity contribution >= 4 is 34.2 Å². The topological polar surface area (TPSA) is 70.4 Å². The number of amides is 1. The molecule has 32 heavy (non-hydrogen) atoms. The van der Waals surface area contributed by atoms with Crippen LogP contribution in [-0.4, -0.2) is 30.4 Å². The summed E-state index contributed by atoms with van der Waals surface area (Å²) in [6.45, 7) is 3.56. The van der Waals surface area contributed by atoms with E-state index in [-0.39, 0.29) is 5.91 Å². The first-order valence-electron chi connectivity index (χ1n) is 11.3. The van der Waals surface area contributed by atoms with Crippen LogP contribution in [0.2, 0.25) is 0 Å². The highest BCUT2D eigenvalue weighted by molar-refractivity contribution is 6.37. The molecule has 0 saturated carbocycles. The van der Waals surface area contributed by atoms with Crippen LogP contribution in [0.3, 0.4) is 0 Å². The van der Waals surface area contributed by atoms with E-state index in [1.807, 2.05) is 42.5 Å². The summed E-state index contributed by atoms with van der Waals surface area (Å²) in [5, 5.41) is 6.49. The summed E-state index contributed by atoms with van der Waals surface area (Å²) < 4.78 is 0. The summed E-state index contributed by atoms with van der Waals surface area (Å²) in [5.74, 6) is -0.126. The molecule has 2 aliphatic heterocycles. The van der Waals surface area contributed by atoms with Crippen LogP contribution in [0.4, 0.5) is 17.1 Å². The van der Waals surface area contributed by atoms with Crippen LogP contribution in [0.5, 0.6) is 0 Å². The van der Waals surface area contributed by atoms with Gasteiger partial charge in [-0.25, -0.2) is 0 Å². The molecular weight excluding hydrogens is 396 g/mol. The first-order chi connectivity index (χ1) is 15.7. The lowest BCUT2D eigenvalue weighted by atomic mass is 9.99. The van der Waals surface area contributed by atoms with E-state index in [0.29, 0.717) is 11.3 Å². The van der Waals surface area contributed by atoms with E-state index < -0.39 is 0 Å². The highest BCUT2D eigenvalue weighted by Crippen LogP contribution is 2.38. The van der Waals surface area contributed by atoms with Crippen LogP contribution >= 0.6 is 0 Å². The molecule has 4 N–H and O–H groups in total. The van der Waals surface area contributed by atoms with Crippen molar-refractivity contribution < 1.29 is 4.79 Å². The predicted octanol–water partition coefficient (Wildman–Crippen LogP) is 4.84. The fraction of sp³-hybridized carbons (Fsp3) is 0.222. The second kappa shape index (κ2) is 8.89. The summed E-state index contributed by atoms with van der Waals surface area (Å²) in [6.07, 6.45) is 3.70. The molecule has 3 aromatic carbocycles. The van der Waals surface area contributed by atoms with Gasteiger partial charge >= 0.3 is 0 Å². The average molecular weight is 425 g/mol. The van der Waals surface area contributed by atoms with E-state index in [9.17, 15) is 4.79 Å². The van der Waals surface area contributed by atoms with Crippen molar-refractivity contribution in [1.82, 2.24) is 4.90 Å². The van der Waals surface area contributed by atoms with E-state index >= 15 is 0 Å². The molecule has 0 bridgehead atoms. The Balaban J connectivity index is 1.45. The molecule has 3 aromatic rings. The van der Waals surface area contributed by atoms with Crippen molar-refractivity contribution in [1.29, 1.82) is 0 Å². The summed E-state index contributed by atoms with van der Waals surface area (Å²) in [6, 6.07) is 24.0. The third kappa shape index (κ3) is 4.25. The molecule has 5 nitrogen and oxygen atoms in total. The maximum Gasteiger partial charge on any atom is 0.258 e. The van der Waals surface area contributed by atoms with Gasteiger partial charge in [0.05, 0.1) is 11.3 Å². The van der Waals surface area contributed by atoms with E-state index in [0.717, 1.165) is 41.2 Å². The minimum absolute atomic E-state index is 0.126. The van der Waals surface area contributed by atoms with Crippen molar-refractivity contribution in [2.75, 3.05) is 36.0 Å². The number of nitrogens with zero attached hydrogens (tertiary/aromatic N) is 1. The number of likely N-dealkylation sites (tertiary alicyclic amines) is 1. The Labute approximate surface area is 188 Å². The fourth-order valence-corrected chi connectivity index (χ4v) is 4.51. The number of fused-ring (bicyclic) bond motifs is 1. The molecule has 162 valence electrons. The van der Waals surface area contributed by atoms with Gasteiger partial charge in [0.15, 0.2) is 0 Å². The van der Waals surface area contributed by atoms with Gasteiger partial charge in [-0.1, -0.05) is 42.5 Å². The van der Waals surface area contributed by atoms with Gasteiger partial charge in [-0.2, -0.15) is 0 Å². The Kier molecular flexibility index (Phi) is 5.65. The minimum atomic E-state index is -0.126. The molecule has 1 fully saturated rings. The number of anilines is 3. The van der Waals surface area contributed by atoms with Crippen LogP contribution in [0.25, 0.3) is 11.3 Å². The van der Waals surface area contributed by atoms with Gasteiger partial charge in [0.1, 0.15) is 0 Å². The summed E-state index contributed by atoms with van der Waals surface area (Å²) in [5.41, 5.74) is 12.9. The standard InChI is InChI=1S/C27H28N4O/c28-21-10-13-24-23(18-21)25(27(32)30-24)26(20-6-2-1-3-7-20)29-22-11-8-19(9-12-22)14-17-31-15-4-5-16-31/h1-3,6-13,18,29H,4-5,14-17,28H2,(H,30,32)/b26-25-. The normalized spacial score (nSPS) is 17.2. The smallest absolute Gasteiger partial charge is 0.258 e. The van der Waals surface area contributed by atoms with Crippen LogP contribution in [-0.2, 0) is 11.2 Å². The molecule has 5 heteroatoms. The first-order valence-corrected chi connectivity index (χ1v) is 11.3. The monoisotopic (exact) mass is 424 g/mol. The third-order valence-electron chi connectivity index (χ3n) is 6.24. The van der Waals surface area contributed by atoms with Crippen molar-refractivity contribution in [3.63, 3.8) is 0 Å². The number of nitrogen functional groups attached to an aromatic ring is 1. The Morgan fingerprint density at radius 2 is 1.72 bits per heavy atom. The van der Waals surface area contributed by atoms with Crippen LogP contribution in [0, 0.1) is 0 Å². The van der Waals surface area contributed by atoms with Crippen molar-refractivity contribution in [2.24, 2.45) is 0 Å². The number of carbonyl (C=O) groups excluding carboxylic acids is 1. The van der Waals surface area contributed by atoms with Gasteiger partial charge in [0.25, 0.3) is 5.91 Å². The van der Waals surface area contributed by atoms with E-state index in [1.54, 1.807) is 6.07 Å². The summed E-state index contributed by atoms with van der Waals surface area (Å²) in [4.78, 5) is 15.5. The Bertz CT molecular complexity index is 1150. The number of nitrogens with one attached hydrogen (secondary N) is 2. The molecule has 0 spiro atoms. The highest BCUT2D eigenvalue weighted by Gasteiger charge is 2.28. The number of nitrogens with two attached hydrogens (primary N) is 1. The lowest BCUT2D eigenvalue weighted by molar-refractivity contribution is -0.110. The number of benzene rings is 3. The molecule has 0 atom stereocenters. The number of hydrogen-bond donors (Lipinski definition) is 3. The number of carbonyl (C=O) groups is 1. The van der Waals surface area contributed by atoms with Crippen molar-refractivity contribution in [3.05, 3.63) is 89.5 Å². The van der Waals surface area contributed by atoms with Gasteiger partial charge in [-0.15, -0.1) is 0 Å². The van der Waals surface area contributed by atoms with Crippen LogP contribution in [0.15, 0.2) is 72.8 Å². The number of hydrogen-bond acceptors (Lipinski definition) is 4. The molecule has 0 aliphatic carbocycles. The fourth-order valence-electron chi connectivity index (χ4n) is 4.51. The van der Waals surface area contributed by atoms with E-state index in [1.165, 1.54) is 31.5 Å². The minimum Gasteiger partial charge on any atom is -0.399 e. The average Bonchev–Trinajstić information content (AvgIpc) is 3.45. The molecule has 0 unspecified atom stereocenters. The molecule has 2 aliphatic rings. The quantitative estimate of drug-likeness (QED) is 0.391. The molecule has 1 saturated heterocycles. The Hall–Kier alpha value is -3.57. The summed E-state index contributed by atoms with van der Waals surface area (Å²) >= 11 is 0. The van der Waals surface area contributed by atoms with Gasteiger partial charge in [0.2, 0.25) is 0 Å². The van der Waals surface area contributed by atoms with E-state index in [4.69, 9.17) is 5.73 Å². The Morgan fingerprint density at radius 1 is 0.969 bits per heavy atom. The van der Waals surface area contributed by atoms with Crippen LogP contribution < -0.4 is 16.4 Å². The zero-order valence-corrected chi connectivity index (χ0v) is 18.1. The highest BCUT2D eigenvalue weighted by atomic mass is 16.2. The van der Waals surface area contributed by atoms with Gasteiger partial charge < -0.3 is 21.3 Å². The molecular formula is C27H28N4O. The predicted molar refractivity (Wildman–Crippen MR) is 132 cm³/mol. The maximum atomic E-state index is 13.0. The van der Waals surface area contributed by atoms with Gasteiger partial charge in [0, 0.05) is 29.2 Å². The van der Waals surface area contributed by atoms with Gasteiger partial charge in [-0.3, -0.25) is 4.79 Å². The maximum absolute atomic E-state index is 13.0. The van der Waals surface area contributed by atoms with E-state index in [2.05, 4.69) is 39.8 Å². The zero-order chi connectivity index (χ0) is 21.9. The van der Waals surface area contributed by atoms with Crippen molar-refractivity contribution in [3.8, 4) is 0 Å². The van der Waals surface area contributed by atoms with Gasteiger partial charge in [-0.05, 0) is 73.8 Å². The van der Waals surface area contributed by atoms with Crippen molar-refractivity contribution in [2.45, 2.75) is 19.3 Å². The lowest BCUT2D eigenvalue weighted by Gasteiger charge is -2.16. The SMILES string of the molecule is Nc1ccc2c(c1)/C(=C(/Nc1ccc(CCN3CCCC3)cc1)c1ccccc1)C(=O)N2. The molecule has 1 amide bonds. The largest absolute Gasteiger partial charge is 0.399 e. The molecule has 2 heterocycles. The first kappa shape index (κ1) is 20.3. The Morgan fingerprint density at radius 3 is 2.47 bits per heavy atom. The number of rotatable bonds is 6. The summed E-state index contributed by atoms with van der Waals surface area (Å²) in [7, 11) is 0. The lowest BCUT2D eigenvalue weighted by Crippen LogP contribution is -2.21. The molecule has 0 radical (unpaired) electrons.